The fourth-order valence-corrected chi connectivity index (χ4v) is 2.88. The first-order chi connectivity index (χ1) is 7.24. The fraction of sp³-hybridized carbons (Fsp3) is 0.769. The molecule has 0 saturated heterocycles. The Bertz CT molecular complexity index is 327. The van der Waals surface area contributed by atoms with Crippen molar-refractivity contribution in [1.82, 2.24) is 9.55 Å². The zero-order valence-corrected chi connectivity index (χ0v) is 10.2. The van der Waals surface area contributed by atoms with E-state index in [-0.39, 0.29) is 0 Å². The third-order valence-corrected chi connectivity index (χ3v) is 4.04. The Morgan fingerprint density at radius 1 is 1.33 bits per heavy atom. The minimum atomic E-state index is 0.713. The topological polar surface area (TPSA) is 17.8 Å². The minimum Gasteiger partial charge on any atom is -0.331 e. The number of imidazole rings is 1. The average Bonchev–Trinajstić information content (AvgIpc) is 2.60. The van der Waals surface area contributed by atoms with Crippen LogP contribution in [0, 0.1) is 19.8 Å². The van der Waals surface area contributed by atoms with Gasteiger partial charge in [-0.25, -0.2) is 4.98 Å². The van der Waals surface area contributed by atoms with Crippen LogP contribution in [0.2, 0.25) is 0 Å². The smallest absolute Gasteiger partial charge is 0.0954 e. The summed E-state index contributed by atoms with van der Waals surface area (Å²) in [6.07, 6.45) is 8.90. The van der Waals surface area contributed by atoms with E-state index in [1.807, 2.05) is 6.33 Å². The van der Waals surface area contributed by atoms with Gasteiger partial charge >= 0.3 is 0 Å². The monoisotopic (exact) mass is 206 g/mol. The summed E-state index contributed by atoms with van der Waals surface area (Å²) in [6, 6.07) is 0.713. The fourth-order valence-electron chi connectivity index (χ4n) is 2.88. The molecule has 1 aromatic heterocycles. The van der Waals surface area contributed by atoms with E-state index in [9.17, 15) is 0 Å². The number of hydrogen-bond donors (Lipinski definition) is 0. The molecule has 1 saturated carbocycles. The van der Waals surface area contributed by atoms with E-state index in [1.165, 1.54) is 43.5 Å². The molecular weight excluding hydrogens is 184 g/mol. The molecule has 2 nitrogen and oxygen atoms in total. The summed E-state index contributed by atoms with van der Waals surface area (Å²) >= 11 is 0. The Labute approximate surface area is 92.7 Å². The molecule has 1 fully saturated rings. The Hall–Kier alpha value is -0.790. The van der Waals surface area contributed by atoms with Gasteiger partial charge in [0.25, 0.3) is 0 Å². The molecule has 1 aliphatic carbocycles. The summed E-state index contributed by atoms with van der Waals surface area (Å²) in [4.78, 5) is 4.42. The van der Waals surface area contributed by atoms with Gasteiger partial charge in [-0.05, 0) is 32.6 Å². The number of rotatable bonds is 2. The molecule has 0 aromatic carbocycles. The summed E-state index contributed by atoms with van der Waals surface area (Å²) in [6.45, 7) is 6.63. The summed E-state index contributed by atoms with van der Waals surface area (Å²) in [5.74, 6) is 0.867. The predicted molar refractivity (Wildman–Crippen MR) is 63.0 cm³/mol. The maximum atomic E-state index is 4.42. The first-order valence-electron chi connectivity index (χ1n) is 6.24. The second-order valence-corrected chi connectivity index (χ2v) is 4.84. The molecule has 1 heterocycles. The van der Waals surface area contributed by atoms with E-state index in [4.69, 9.17) is 0 Å². The van der Waals surface area contributed by atoms with Crippen LogP contribution in [0.3, 0.4) is 0 Å². The van der Waals surface area contributed by atoms with Crippen molar-refractivity contribution in [2.75, 3.05) is 0 Å². The Morgan fingerprint density at radius 3 is 2.67 bits per heavy atom. The van der Waals surface area contributed by atoms with Crippen LogP contribution in [0.4, 0.5) is 0 Å². The summed E-state index contributed by atoms with van der Waals surface area (Å²) < 4.78 is 2.42. The number of aryl methyl sites for hydroxylation is 1. The van der Waals surface area contributed by atoms with Gasteiger partial charge in [-0.3, -0.25) is 0 Å². The van der Waals surface area contributed by atoms with Crippen molar-refractivity contribution in [2.24, 2.45) is 5.92 Å². The van der Waals surface area contributed by atoms with Gasteiger partial charge in [0.15, 0.2) is 0 Å². The molecule has 0 radical (unpaired) electrons. The van der Waals surface area contributed by atoms with Crippen LogP contribution in [-0.2, 0) is 0 Å². The number of nitrogens with zero attached hydrogens (tertiary/aromatic N) is 2. The highest BCUT2D eigenvalue weighted by Crippen LogP contribution is 2.36. The van der Waals surface area contributed by atoms with Gasteiger partial charge in [-0.15, -0.1) is 0 Å². The Kier molecular flexibility index (Phi) is 3.13. The first kappa shape index (κ1) is 10.7. The lowest BCUT2D eigenvalue weighted by Crippen LogP contribution is -2.23. The van der Waals surface area contributed by atoms with Crippen molar-refractivity contribution in [1.29, 1.82) is 0 Å². The molecule has 0 amide bonds. The van der Waals surface area contributed by atoms with Crippen LogP contribution in [0.25, 0.3) is 0 Å². The second kappa shape index (κ2) is 4.38. The maximum absolute atomic E-state index is 4.42. The zero-order chi connectivity index (χ0) is 10.8. The molecule has 1 aromatic rings. The van der Waals surface area contributed by atoms with E-state index < -0.39 is 0 Å². The molecule has 0 bridgehead atoms. The van der Waals surface area contributed by atoms with E-state index in [0.717, 1.165) is 5.92 Å². The lowest BCUT2D eigenvalue weighted by Gasteiger charge is -2.32. The van der Waals surface area contributed by atoms with Crippen LogP contribution < -0.4 is 0 Å². The van der Waals surface area contributed by atoms with Crippen LogP contribution in [-0.4, -0.2) is 9.55 Å². The zero-order valence-electron chi connectivity index (χ0n) is 10.2. The lowest BCUT2D eigenvalue weighted by molar-refractivity contribution is 0.230. The van der Waals surface area contributed by atoms with Crippen LogP contribution in [0.1, 0.15) is 56.5 Å². The van der Waals surface area contributed by atoms with E-state index in [0.29, 0.717) is 6.04 Å². The van der Waals surface area contributed by atoms with E-state index in [2.05, 4.69) is 30.3 Å². The van der Waals surface area contributed by atoms with Crippen molar-refractivity contribution in [3.63, 3.8) is 0 Å². The molecule has 2 atom stereocenters. The third kappa shape index (κ3) is 1.95. The van der Waals surface area contributed by atoms with Crippen LogP contribution in [0.15, 0.2) is 6.33 Å². The van der Waals surface area contributed by atoms with Crippen molar-refractivity contribution in [3.8, 4) is 0 Å². The standard InChI is InChI=1S/C13H22N2/c1-4-12-7-5-6-8-13(12)15-9-14-10(2)11(15)3/h9,12-13H,4-8H2,1-3H3. The van der Waals surface area contributed by atoms with Crippen LogP contribution in [0.5, 0.6) is 0 Å². The van der Waals surface area contributed by atoms with Crippen molar-refractivity contribution >= 4 is 0 Å². The van der Waals surface area contributed by atoms with E-state index >= 15 is 0 Å². The Morgan fingerprint density at radius 2 is 2.07 bits per heavy atom. The van der Waals surface area contributed by atoms with Gasteiger partial charge in [0, 0.05) is 11.7 Å². The molecule has 0 aliphatic heterocycles. The molecule has 15 heavy (non-hydrogen) atoms. The molecule has 0 spiro atoms. The first-order valence-corrected chi connectivity index (χ1v) is 6.24. The third-order valence-electron chi connectivity index (χ3n) is 4.04. The summed E-state index contributed by atoms with van der Waals surface area (Å²) in [5, 5.41) is 0. The van der Waals surface area contributed by atoms with Crippen LogP contribution >= 0.6 is 0 Å². The number of aromatic nitrogens is 2. The molecule has 2 rings (SSSR count). The molecule has 2 unspecified atom stereocenters. The maximum Gasteiger partial charge on any atom is 0.0954 e. The molecule has 0 N–H and O–H groups in total. The van der Waals surface area contributed by atoms with Crippen molar-refractivity contribution < 1.29 is 0 Å². The predicted octanol–water partition coefficient (Wildman–Crippen LogP) is 3.64. The summed E-state index contributed by atoms with van der Waals surface area (Å²) in [7, 11) is 0. The Balaban J connectivity index is 2.24. The van der Waals surface area contributed by atoms with Gasteiger partial charge in [0.1, 0.15) is 0 Å². The normalized spacial score (nSPS) is 26.9. The van der Waals surface area contributed by atoms with Gasteiger partial charge in [0.05, 0.1) is 12.0 Å². The highest BCUT2D eigenvalue weighted by Gasteiger charge is 2.26. The average molecular weight is 206 g/mol. The van der Waals surface area contributed by atoms with Gasteiger partial charge in [-0.2, -0.15) is 0 Å². The van der Waals surface area contributed by atoms with Crippen molar-refractivity contribution in [2.45, 2.75) is 58.9 Å². The van der Waals surface area contributed by atoms with Gasteiger partial charge in [-0.1, -0.05) is 26.2 Å². The largest absolute Gasteiger partial charge is 0.331 e. The highest BCUT2D eigenvalue weighted by atomic mass is 15.1. The second-order valence-electron chi connectivity index (χ2n) is 4.84. The summed E-state index contributed by atoms with van der Waals surface area (Å²) in [5.41, 5.74) is 2.55. The molecule has 84 valence electrons. The van der Waals surface area contributed by atoms with Crippen molar-refractivity contribution in [3.05, 3.63) is 17.7 Å². The minimum absolute atomic E-state index is 0.713. The molecule has 2 heteroatoms. The molecular formula is C13H22N2. The molecule has 1 aliphatic rings. The quantitative estimate of drug-likeness (QED) is 0.722. The SMILES string of the molecule is CCC1CCCCC1n1cnc(C)c1C. The van der Waals surface area contributed by atoms with E-state index in [1.54, 1.807) is 0 Å². The van der Waals surface area contributed by atoms with Gasteiger partial charge < -0.3 is 4.57 Å². The number of hydrogen-bond acceptors (Lipinski definition) is 1. The van der Waals surface area contributed by atoms with Gasteiger partial charge in [0.2, 0.25) is 0 Å². The highest BCUT2D eigenvalue weighted by molar-refractivity contribution is 5.10. The lowest BCUT2D eigenvalue weighted by atomic mass is 9.82.